The molecule has 10 nitrogen and oxygen atoms in total. The van der Waals surface area contributed by atoms with Crippen molar-refractivity contribution < 1.29 is 44.2 Å². The van der Waals surface area contributed by atoms with Crippen molar-refractivity contribution in [2.75, 3.05) is 13.7 Å². The molecule has 1 aliphatic rings. The van der Waals surface area contributed by atoms with Crippen LogP contribution in [0, 0.1) is 0 Å². The zero-order chi connectivity index (χ0) is 23.0. The third kappa shape index (κ3) is 3.78. The van der Waals surface area contributed by atoms with Crippen LogP contribution in [0.1, 0.15) is 0 Å². The second kappa shape index (κ2) is 8.77. The summed E-state index contributed by atoms with van der Waals surface area (Å²) in [6.07, 6.45) is -7.78. The van der Waals surface area contributed by atoms with Gasteiger partial charge in [0, 0.05) is 17.7 Å². The van der Waals surface area contributed by atoms with Gasteiger partial charge >= 0.3 is 0 Å². The minimum absolute atomic E-state index is 0.0341. The van der Waals surface area contributed by atoms with Gasteiger partial charge in [-0.05, 0) is 0 Å². The van der Waals surface area contributed by atoms with Crippen LogP contribution in [-0.2, 0) is 4.74 Å². The Labute approximate surface area is 181 Å². The third-order valence-corrected chi connectivity index (χ3v) is 5.27. The van der Waals surface area contributed by atoms with Crippen LogP contribution in [-0.4, -0.2) is 70.0 Å². The van der Waals surface area contributed by atoms with E-state index in [-0.39, 0.29) is 28.2 Å². The topological polar surface area (TPSA) is 159 Å². The number of aliphatic hydroxyl groups is 4. The van der Waals surface area contributed by atoms with Crippen molar-refractivity contribution in [1.29, 1.82) is 0 Å². The van der Waals surface area contributed by atoms with Gasteiger partial charge in [0.2, 0.25) is 12.0 Å². The fourth-order valence-electron chi connectivity index (χ4n) is 3.55. The van der Waals surface area contributed by atoms with E-state index in [0.717, 1.165) is 0 Å². The number of aliphatic hydroxyl groups excluding tert-OH is 4. The largest absolute Gasteiger partial charge is 0.504 e. The number of ether oxygens (including phenoxy) is 3. The number of rotatable bonds is 5. The molecule has 10 heteroatoms. The fraction of sp³-hybridized carbons (Fsp3) is 0.318. The zero-order valence-electron chi connectivity index (χ0n) is 16.9. The van der Waals surface area contributed by atoms with Gasteiger partial charge in [-0.1, -0.05) is 30.3 Å². The van der Waals surface area contributed by atoms with Crippen molar-refractivity contribution in [3.05, 3.63) is 52.7 Å². The van der Waals surface area contributed by atoms with Gasteiger partial charge in [-0.25, -0.2) is 0 Å². The molecule has 0 aliphatic carbocycles. The lowest BCUT2D eigenvalue weighted by atomic mass is 9.99. The maximum atomic E-state index is 12.8. The van der Waals surface area contributed by atoms with Crippen LogP contribution in [0.25, 0.3) is 22.3 Å². The Kier molecular flexibility index (Phi) is 6.04. The summed E-state index contributed by atoms with van der Waals surface area (Å²) in [6.45, 7) is -0.655. The Hall–Kier alpha value is -3.15. The summed E-state index contributed by atoms with van der Waals surface area (Å²) in [7, 11) is 1.29. The number of methoxy groups -OCH3 is 1. The minimum Gasteiger partial charge on any atom is -0.504 e. The second-order valence-electron chi connectivity index (χ2n) is 7.29. The van der Waals surface area contributed by atoms with E-state index in [9.17, 15) is 30.3 Å². The molecule has 5 atom stereocenters. The molecule has 5 N–H and O–H groups in total. The van der Waals surface area contributed by atoms with Crippen LogP contribution >= 0.6 is 0 Å². The van der Waals surface area contributed by atoms with Gasteiger partial charge in [0.1, 0.15) is 41.1 Å². The Morgan fingerprint density at radius 2 is 1.75 bits per heavy atom. The molecule has 0 spiro atoms. The van der Waals surface area contributed by atoms with Gasteiger partial charge in [0.15, 0.2) is 16.9 Å². The van der Waals surface area contributed by atoms with Crippen LogP contribution in [0.15, 0.2) is 51.7 Å². The normalized spacial score (nSPS) is 25.6. The lowest BCUT2D eigenvalue weighted by Gasteiger charge is -2.39. The van der Waals surface area contributed by atoms with Crippen molar-refractivity contribution >= 4 is 11.0 Å². The van der Waals surface area contributed by atoms with Crippen molar-refractivity contribution in [2.45, 2.75) is 30.7 Å². The average molecular weight is 446 g/mol. The summed E-state index contributed by atoms with van der Waals surface area (Å²) >= 11 is 0. The molecule has 1 aliphatic heterocycles. The molecule has 4 rings (SSSR count). The average Bonchev–Trinajstić information content (AvgIpc) is 2.80. The van der Waals surface area contributed by atoms with Crippen LogP contribution in [0.5, 0.6) is 17.2 Å². The summed E-state index contributed by atoms with van der Waals surface area (Å²) in [5.41, 5.74) is 0.141. The summed E-state index contributed by atoms with van der Waals surface area (Å²) < 4.78 is 21.9. The quantitative estimate of drug-likeness (QED) is 0.370. The molecule has 2 aromatic carbocycles. The van der Waals surface area contributed by atoms with Gasteiger partial charge in [-0.2, -0.15) is 0 Å². The van der Waals surface area contributed by atoms with Crippen LogP contribution in [0.2, 0.25) is 0 Å². The van der Waals surface area contributed by atoms with Crippen LogP contribution < -0.4 is 14.9 Å². The molecule has 0 amide bonds. The Bertz CT molecular complexity index is 1160. The standard InChI is InChI=1S/C22H22O10/c1-29-14-8-13-16(11(24)7-12(30-13)10-5-3-2-4-6-10)18(26)21(14)32-22-20(28)19(27)17(25)15(9-23)31-22/h2-8,15,17,19-20,22-23,25-28H,9H2,1H3/t15?,17-,19+,20?,22+/m1/s1. The lowest BCUT2D eigenvalue weighted by Crippen LogP contribution is -2.60. The molecule has 2 heterocycles. The van der Waals surface area contributed by atoms with Gasteiger partial charge in [0.25, 0.3) is 0 Å². The Morgan fingerprint density at radius 3 is 2.41 bits per heavy atom. The Balaban J connectivity index is 1.78. The smallest absolute Gasteiger partial charge is 0.229 e. The first-order chi connectivity index (χ1) is 15.3. The predicted octanol–water partition coefficient (Wildman–Crippen LogP) is 0.353. The fourth-order valence-corrected chi connectivity index (χ4v) is 3.55. The number of aromatic hydroxyl groups is 1. The van der Waals surface area contributed by atoms with Gasteiger partial charge in [-0.3, -0.25) is 4.79 Å². The number of phenolic OH excluding ortho intramolecular Hbond substituents is 1. The number of hydrogen-bond donors (Lipinski definition) is 5. The van der Waals surface area contributed by atoms with E-state index in [1.165, 1.54) is 19.2 Å². The molecule has 2 unspecified atom stereocenters. The second-order valence-corrected chi connectivity index (χ2v) is 7.29. The maximum Gasteiger partial charge on any atom is 0.229 e. The number of phenols is 1. The third-order valence-electron chi connectivity index (χ3n) is 5.27. The lowest BCUT2D eigenvalue weighted by molar-refractivity contribution is -0.277. The summed E-state index contributed by atoms with van der Waals surface area (Å²) in [6, 6.07) is 11.5. The van der Waals surface area contributed by atoms with E-state index >= 15 is 0 Å². The highest BCUT2D eigenvalue weighted by atomic mass is 16.7. The Morgan fingerprint density at radius 1 is 1.03 bits per heavy atom. The van der Waals surface area contributed by atoms with Crippen LogP contribution in [0.4, 0.5) is 0 Å². The first kappa shape index (κ1) is 22.1. The van der Waals surface area contributed by atoms with E-state index in [0.29, 0.717) is 5.56 Å². The first-order valence-electron chi connectivity index (χ1n) is 9.76. The molecule has 1 saturated heterocycles. The maximum absolute atomic E-state index is 12.8. The first-order valence-corrected chi connectivity index (χ1v) is 9.76. The number of fused-ring (bicyclic) bond motifs is 1. The van der Waals surface area contributed by atoms with Crippen LogP contribution in [0.3, 0.4) is 0 Å². The highest BCUT2D eigenvalue weighted by Gasteiger charge is 2.45. The SMILES string of the molecule is COc1cc2oc(-c3ccccc3)cc(=O)c2c(O)c1O[C@@H]1OC(CO)[C@@H](O)[C@H](O)C1O. The van der Waals surface area contributed by atoms with E-state index in [1.807, 2.05) is 6.07 Å². The van der Waals surface area contributed by atoms with E-state index < -0.39 is 48.5 Å². The highest BCUT2D eigenvalue weighted by molar-refractivity contribution is 5.89. The van der Waals surface area contributed by atoms with Crippen molar-refractivity contribution in [1.82, 2.24) is 0 Å². The zero-order valence-corrected chi connectivity index (χ0v) is 16.9. The molecule has 32 heavy (non-hydrogen) atoms. The van der Waals surface area contributed by atoms with E-state index in [4.69, 9.17) is 18.6 Å². The van der Waals surface area contributed by atoms with Gasteiger partial charge < -0.3 is 44.2 Å². The summed E-state index contributed by atoms with van der Waals surface area (Å²) in [4.78, 5) is 12.8. The van der Waals surface area contributed by atoms with Gasteiger partial charge in [-0.15, -0.1) is 0 Å². The molecule has 0 bridgehead atoms. The van der Waals surface area contributed by atoms with Crippen molar-refractivity contribution in [2.24, 2.45) is 0 Å². The molecule has 3 aromatic rings. The number of hydrogen-bond acceptors (Lipinski definition) is 10. The van der Waals surface area contributed by atoms with E-state index in [2.05, 4.69) is 0 Å². The van der Waals surface area contributed by atoms with Crippen molar-refractivity contribution in [3.63, 3.8) is 0 Å². The molecule has 1 fully saturated rings. The predicted molar refractivity (Wildman–Crippen MR) is 111 cm³/mol. The highest BCUT2D eigenvalue weighted by Crippen LogP contribution is 2.43. The number of benzene rings is 2. The molecule has 0 radical (unpaired) electrons. The molecule has 170 valence electrons. The summed E-state index contributed by atoms with van der Waals surface area (Å²) in [5.74, 6) is -0.721. The molecular formula is C22H22O10. The minimum atomic E-state index is -1.72. The molecular weight excluding hydrogens is 424 g/mol. The molecule has 1 aromatic heterocycles. The summed E-state index contributed by atoms with van der Waals surface area (Å²) in [5, 5.41) is 50.1. The van der Waals surface area contributed by atoms with Gasteiger partial charge in [0.05, 0.1) is 13.7 Å². The monoisotopic (exact) mass is 446 g/mol. The van der Waals surface area contributed by atoms with Crippen molar-refractivity contribution in [3.8, 4) is 28.6 Å². The molecule has 0 saturated carbocycles. The van der Waals surface area contributed by atoms with E-state index in [1.54, 1.807) is 24.3 Å².